The van der Waals surface area contributed by atoms with Gasteiger partial charge < -0.3 is 11.1 Å². The first-order chi connectivity index (χ1) is 8.70. The van der Waals surface area contributed by atoms with E-state index in [4.69, 9.17) is 5.73 Å². The number of carbonyl (C=O) groups is 1. The van der Waals surface area contributed by atoms with Crippen LogP contribution in [0.3, 0.4) is 0 Å². The van der Waals surface area contributed by atoms with Crippen LogP contribution in [-0.4, -0.2) is 11.9 Å². The fourth-order valence-corrected chi connectivity index (χ4v) is 3.59. The molecule has 1 aliphatic rings. The molecule has 1 amide bonds. The lowest BCUT2D eigenvalue weighted by Gasteiger charge is -2.30. The van der Waals surface area contributed by atoms with Crippen LogP contribution in [0.1, 0.15) is 49.9 Å². The van der Waals surface area contributed by atoms with E-state index < -0.39 is 0 Å². The molecule has 1 heterocycles. The summed E-state index contributed by atoms with van der Waals surface area (Å²) in [6, 6.07) is 5.29. The van der Waals surface area contributed by atoms with Gasteiger partial charge in [-0.1, -0.05) is 13.0 Å². The minimum Gasteiger partial charge on any atom is -0.369 e. The number of hydrogen-bond donors (Lipinski definition) is 2. The summed E-state index contributed by atoms with van der Waals surface area (Å²) in [6.45, 7) is 2.21. The molecule has 4 heteroatoms. The number of primary amides is 1. The Labute approximate surface area is 113 Å². The maximum atomic E-state index is 11.1. The van der Waals surface area contributed by atoms with E-state index in [2.05, 4.69) is 29.8 Å². The summed E-state index contributed by atoms with van der Waals surface area (Å²) in [6.07, 6.45) is 5.11. The van der Waals surface area contributed by atoms with Gasteiger partial charge in [-0.05, 0) is 43.6 Å². The molecule has 0 radical (unpaired) electrons. The predicted molar refractivity (Wildman–Crippen MR) is 75.4 cm³/mol. The number of nitrogens with one attached hydrogen (secondary N) is 1. The summed E-state index contributed by atoms with van der Waals surface area (Å²) in [5.74, 6) is -0.0244. The van der Waals surface area contributed by atoms with E-state index in [1.807, 2.05) is 11.3 Å². The third kappa shape index (κ3) is 3.33. The second-order valence-corrected chi connectivity index (χ2v) is 6.07. The lowest BCUT2D eigenvalue weighted by molar-refractivity contribution is -0.122. The van der Waals surface area contributed by atoms with Gasteiger partial charge in [-0.25, -0.2) is 0 Å². The summed E-state index contributed by atoms with van der Waals surface area (Å²) in [5.41, 5.74) is 5.36. The van der Waals surface area contributed by atoms with Crippen LogP contribution in [0.15, 0.2) is 17.5 Å². The van der Waals surface area contributed by atoms with Gasteiger partial charge >= 0.3 is 0 Å². The maximum absolute atomic E-state index is 11.1. The van der Waals surface area contributed by atoms with Crippen molar-refractivity contribution in [1.82, 2.24) is 5.32 Å². The molecule has 0 aliphatic heterocycles. The third-order valence-electron chi connectivity index (χ3n) is 3.86. The van der Waals surface area contributed by atoms with Gasteiger partial charge in [0.25, 0.3) is 0 Å². The maximum Gasteiger partial charge on any atom is 0.220 e. The number of amides is 1. The Morgan fingerprint density at radius 3 is 2.72 bits per heavy atom. The highest BCUT2D eigenvalue weighted by Crippen LogP contribution is 2.28. The van der Waals surface area contributed by atoms with Crippen LogP contribution in [0.4, 0.5) is 0 Å². The summed E-state index contributed by atoms with van der Waals surface area (Å²) in [5, 5.41) is 5.85. The Bertz CT molecular complexity index is 369. The van der Waals surface area contributed by atoms with Crippen LogP contribution < -0.4 is 11.1 Å². The van der Waals surface area contributed by atoms with E-state index in [0.717, 1.165) is 32.1 Å². The normalized spacial score (nSPS) is 25.8. The molecule has 0 bridgehead atoms. The van der Waals surface area contributed by atoms with Crippen LogP contribution in [0, 0.1) is 5.92 Å². The molecule has 18 heavy (non-hydrogen) atoms. The molecule has 0 aromatic carbocycles. The van der Waals surface area contributed by atoms with E-state index in [9.17, 15) is 4.79 Å². The van der Waals surface area contributed by atoms with Crippen LogP contribution in [-0.2, 0) is 4.79 Å². The van der Waals surface area contributed by atoms with Crippen molar-refractivity contribution in [2.75, 3.05) is 0 Å². The first-order valence-corrected chi connectivity index (χ1v) is 7.67. The second-order valence-electron chi connectivity index (χ2n) is 5.09. The lowest BCUT2D eigenvalue weighted by atomic mass is 9.85. The Balaban J connectivity index is 1.85. The zero-order chi connectivity index (χ0) is 13.0. The number of hydrogen-bond acceptors (Lipinski definition) is 3. The number of rotatable bonds is 5. The molecule has 1 unspecified atom stereocenters. The zero-order valence-electron chi connectivity index (χ0n) is 10.9. The summed E-state index contributed by atoms with van der Waals surface area (Å²) in [4.78, 5) is 12.5. The van der Waals surface area contributed by atoms with Crippen LogP contribution in [0.5, 0.6) is 0 Å². The Hall–Kier alpha value is -0.870. The first-order valence-electron chi connectivity index (χ1n) is 6.79. The van der Waals surface area contributed by atoms with E-state index in [1.165, 1.54) is 4.88 Å². The molecule has 3 nitrogen and oxygen atoms in total. The SMILES string of the molecule is CCC(NC1CCC(C(N)=O)CC1)c1cccs1. The van der Waals surface area contributed by atoms with E-state index in [1.54, 1.807) is 0 Å². The fraction of sp³-hybridized carbons (Fsp3) is 0.643. The molecule has 1 aliphatic carbocycles. The molecular formula is C14H22N2OS. The van der Waals surface area contributed by atoms with Gasteiger partial charge in [-0.2, -0.15) is 0 Å². The van der Waals surface area contributed by atoms with Crippen molar-refractivity contribution in [2.45, 2.75) is 51.1 Å². The van der Waals surface area contributed by atoms with Crippen molar-refractivity contribution in [2.24, 2.45) is 11.7 Å². The van der Waals surface area contributed by atoms with Crippen LogP contribution in [0.2, 0.25) is 0 Å². The highest BCUT2D eigenvalue weighted by molar-refractivity contribution is 7.10. The van der Waals surface area contributed by atoms with Crippen molar-refractivity contribution >= 4 is 17.2 Å². The molecule has 0 saturated heterocycles. The molecule has 1 aromatic heterocycles. The zero-order valence-corrected chi connectivity index (χ0v) is 11.7. The van der Waals surface area contributed by atoms with E-state index >= 15 is 0 Å². The molecule has 1 aromatic rings. The Morgan fingerprint density at radius 1 is 1.50 bits per heavy atom. The van der Waals surface area contributed by atoms with Gasteiger partial charge in [0.05, 0.1) is 0 Å². The smallest absolute Gasteiger partial charge is 0.220 e. The minimum absolute atomic E-state index is 0.102. The van der Waals surface area contributed by atoms with Crippen molar-refractivity contribution < 1.29 is 4.79 Å². The number of carbonyl (C=O) groups excluding carboxylic acids is 1. The highest BCUT2D eigenvalue weighted by Gasteiger charge is 2.26. The fourth-order valence-electron chi connectivity index (χ4n) is 2.72. The molecule has 3 N–H and O–H groups in total. The minimum atomic E-state index is -0.126. The standard InChI is InChI=1S/C14H22N2OS/c1-2-12(13-4-3-9-18-13)16-11-7-5-10(6-8-11)14(15)17/h3-4,9-12,16H,2,5-8H2,1H3,(H2,15,17). The van der Waals surface area contributed by atoms with Gasteiger partial charge in [0.2, 0.25) is 5.91 Å². The van der Waals surface area contributed by atoms with Crippen molar-refractivity contribution in [3.8, 4) is 0 Å². The predicted octanol–water partition coefficient (Wildman–Crippen LogP) is 2.83. The van der Waals surface area contributed by atoms with Crippen molar-refractivity contribution in [3.63, 3.8) is 0 Å². The monoisotopic (exact) mass is 266 g/mol. The van der Waals surface area contributed by atoms with E-state index in [-0.39, 0.29) is 11.8 Å². The Kier molecular flexibility index (Phi) is 4.78. The topological polar surface area (TPSA) is 55.1 Å². The largest absolute Gasteiger partial charge is 0.369 e. The molecule has 100 valence electrons. The van der Waals surface area contributed by atoms with Gasteiger partial charge in [0.1, 0.15) is 0 Å². The van der Waals surface area contributed by atoms with Crippen molar-refractivity contribution in [3.05, 3.63) is 22.4 Å². The lowest BCUT2D eigenvalue weighted by Crippen LogP contribution is -2.38. The average Bonchev–Trinajstić information content (AvgIpc) is 2.90. The average molecular weight is 266 g/mol. The van der Waals surface area contributed by atoms with Gasteiger partial charge in [0, 0.05) is 22.9 Å². The number of thiophene rings is 1. The summed E-state index contributed by atoms with van der Waals surface area (Å²) in [7, 11) is 0. The quantitative estimate of drug-likeness (QED) is 0.861. The highest BCUT2D eigenvalue weighted by atomic mass is 32.1. The van der Waals surface area contributed by atoms with Crippen molar-refractivity contribution in [1.29, 1.82) is 0 Å². The second kappa shape index (κ2) is 6.34. The van der Waals surface area contributed by atoms with Crippen LogP contribution in [0.25, 0.3) is 0 Å². The first kappa shape index (κ1) is 13.6. The van der Waals surface area contributed by atoms with Gasteiger partial charge in [0.15, 0.2) is 0 Å². The van der Waals surface area contributed by atoms with E-state index in [0.29, 0.717) is 12.1 Å². The van der Waals surface area contributed by atoms with Gasteiger partial charge in [-0.15, -0.1) is 11.3 Å². The number of nitrogens with two attached hydrogens (primary N) is 1. The molecule has 1 atom stereocenters. The molecule has 2 rings (SSSR count). The van der Waals surface area contributed by atoms with Gasteiger partial charge in [-0.3, -0.25) is 4.79 Å². The molecular weight excluding hydrogens is 244 g/mol. The molecule has 1 fully saturated rings. The third-order valence-corrected chi connectivity index (χ3v) is 4.85. The Morgan fingerprint density at radius 2 is 2.22 bits per heavy atom. The van der Waals surface area contributed by atoms with Crippen LogP contribution >= 0.6 is 11.3 Å². The molecule has 1 saturated carbocycles. The summed E-state index contributed by atoms with van der Waals surface area (Å²) < 4.78 is 0. The summed E-state index contributed by atoms with van der Waals surface area (Å²) >= 11 is 1.81. The molecule has 0 spiro atoms.